The summed E-state index contributed by atoms with van der Waals surface area (Å²) in [6.45, 7) is 5.51. The van der Waals surface area contributed by atoms with Crippen molar-refractivity contribution in [1.82, 2.24) is 10.6 Å². The van der Waals surface area contributed by atoms with E-state index in [-0.39, 0.29) is 11.8 Å². The van der Waals surface area contributed by atoms with Gasteiger partial charge in [-0.2, -0.15) is 0 Å². The zero-order chi connectivity index (χ0) is 11.8. The third kappa shape index (κ3) is 5.50. The lowest BCUT2D eigenvalue weighted by atomic mass is 10.1. The van der Waals surface area contributed by atoms with Crippen LogP contribution >= 0.6 is 0 Å². The highest BCUT2D eigenvalue weighted by molar-refractivity contribution is 5.77. The molecule has 3 heteroatoms. The molecule has 0 heterocycles. The highest BCUT2D eigenvalue weighted by atomic mass is 16.1. The molecule has 0 saturated heterocycles. The summed E-state index contributed by atoms with van der Waals surface area (Å²) >= 11 is 0. The summed E-state index contributed by atoms with van der Waals surface area (Å²) in [7, 11) is 0. The molecule has 1 saturated carbocycles. The zero-order valence-corrected chi connectivity index (χ0v) is 10.7. The molecule has 2 N–H and O–H groups in total. The highest BCUT2D eigenvalue weighted by Crippen LogP contribution is 2.16. The molecule has 3 nitrogen and oxygen atoms in total. The molecule has 1 aliphatic carbocycles. The molecule has 1 rings (SSSR count). The Morgan fingerprint density at radius 2 is 1.75 bits per heavy atom. The number of hydrogen-bond acceptors (Lipinski definition) is 2. The fraction of sp³-hybridized carbons (Fsp3) is 0.923. The van der Waals surface area contributed by atoms with Gasteiger partial charge < -0.3 is 10.6 Å². The maximum Gasteiger partial charge on any atom is 0.222 e. The fourth-order valence-electron chi connectivity index (χ4n) is 2.15. The minimum atomic E-state index is 0.0953. The maximum atomic E-state index is 11.3. The third-order valence-electron chi connectivity index (χ3n) is 3.24. The summed E-state index contributed by atoms with van der Waals surface area (Å²) in [4.78, 5) is 11.3. The molecular weight excluding hydrogens is 200 g/mol. The Morgan fingerprint density at radius 1 is 1.12 bits per heavy atom. The number of rotatable bonds is 5. The maximum absolute atomic E-state index is 11.3. The van der Waals surface area contributed by atoms with E-state index in [9.17, 15) is 4.79 Å². The van der Waals surface area contributed by atoms with E-state index in [1.54, 1.807) is 0 Å². The van der Waals surface area contributed by atoms with Gasteiger partial charge in [-0.3, -0.25) is 4.79 Å². The SMILES string of the molecule is CC(C)C(=O)NCCNC1CCCCCC1. The van der Waals surface area contributed by atoms with E-state index >= 15 is 0 Å². The number of carbonyl (C=O) groups is 1. The van der Waals surface area contributed by atoms with E-state index in [1.807, 2.05) is 13.8 Å². The van der Waals surface area contributed by atoms with Gasteiger partial charge in [0.2, 0.25) is 5.91 Å². The van der Waals surface area contributed by atoms with Gasteiger partial charge in [-0.1, -0.05) is 39.5 Å². The van der Waals surface area contributed by atoms with Gasteiger partial charge in [-0.05, 0) is 12.8 Å². The zero-order valence-electron chi connectivity index (χ0n) is 10.7. The van der Waals surface area contributed by atoms with Crippen molar-refractivity contribution in [2.45, 2.75) is 58.4 Å². The Labute approximate surface area is 99.4 Å². The lowest BCUT2D eigenvalue weighted by molar-refractivity contribution is -0.123. The van der Waals surface area contributed by atoms with Crippen molar-refractivity contribution in [2.75, 3.05) is 13.1 Å². The average Bonchev–Trinajstić information content (AvgIpc) is 2.52. The first kappa shape index (κ1) is 13.5. The smallest absolute Gasteiger partial charge is 0.222 e. The highest BCUT2D eigenvalue weighted by Gasteiger charge is 2.11. The van der Waals surface area contributed by atoms with Crippen LogP contribution in [0.25, 0.3) is 0 Å². The number of nitrogens with one attached hydrogen (secondary N) is 2. The molecule has 0 aromatic heterocycles. The predicted octanol–water partition coefficient (Wildman–Crippen LogP) is 2.07. The van der Waals surface area contributed by atoms with Gasteiger partial charge in [0.25, 0.3) is 0 Å². The second-order valence-corrected chi connectivity index (χ2v) is 5.09. The van der Waals surface area contributed by atoms with Crippen molar-refractivity contribution in [2.24, 2.45) is 5.92 Å². The van der Waals surface area contributed by atoms with E-state index in [2.05, 4.69) is 10.6 Å². The quantitative estimate of drug-likeness (QED) is 0.556. The molecule has 1 fully saturated rings. The van der Waals surface area contributed by atoms with Crippen LogP contribution in [-0.4, -0.2) is 25.0 Å². The summed E-state index contributed by atoms with van der Waals surface area (Å²) < 4.78 is 0. The van der Waals surface area contributed by atoms with Crippen LogP contribution in [0.4, 0.5) is 0 Å². The Hall–Kier alpha value is -0.570. The first-order chi connectivity index (χ1) is 7.70. The number of amides is 1. The summed E-state index contributed by atoms with van der Waals surface area (Å²) in [6.07, 6.45) is 8.10. The van der Waals surface area contributed by atoms with Crippen LogP contribution in [0.3, 0.4) is 0 Å². The minimum absolute atomic E-state index is 0.0953. The molecule has 16 heavy (non-hydrogen) atoms. The Kier molecular flexibility index (Phi) is 6.46. The van der Waals surface area contributed by atoms with Crippen molar-refractivity contribution in [3.63, 3.8) is 0 Å². The first-order valence-corrected chi connectivity index (χ1v) is 6.71. The third-order valence-corrected chi connectivity index (χ3v) is 3.24. The summed E-state index contributed by atoms with van der Waals surface area (Å²) in [5.74, 6) is 0.251. The van der Waals surface area contributed by atoms with Gasteiger partial charge in [0.05, 0.1) is 0 Å². The van der Waals surface area contributed by atoms with E-state index in [1.165, 1.54) is 38.5 Å². The van der Waals surface area contributed by atoms with Gasteiger partial charge in [0, 0.05) is 25.0 Å². The standard InChI is InChI=1S/C13H26N2O/c1-11(2)13(16)15-10-9-14-12-7-5-3-4-6-8-12/h11-12,14H,3-10H2,1-2H3,(H,15,16). The van der Waals surface area contributed by atoms with Crippen LogP contribution in [0.5, 0.6) is 0 Å². The van der Waals surface area contributed by atoms with Crippen molar-refractivity contribution in [1.29, 1.82) is 0 Å². The fourth-order valence-corrected chi connectivity index (χ4v) is 2.15. The minimum Gasteiger partial charge on any atom is -0.355 e. The Bertz CT molecular complexity index is 196. The van der Waals surface area contributed by atoms with Crippen molar-refractivity contribution < 1.29 is 4.79 Å². The van der Waals surface area contributed by atoms with Gasteiger partial charge in [-0.15, -0.1) is 0 Å². The van der Waals surface area contributed by atoms with E-state index < -0.39 is 0 Å². The monoisotopic (exact) mass is 226 g/mol. The summed E-state index contributed by atoms with van der Waals surface area (Å²) in [5, 5.41) is 6.48. The van der Waals surface area contributed by atoms with Gasteiger partial charge in [-0.25, -0.2) is 0 Å². The molecule has 0 aromatic carbocycles. The first-order valence-electron chi connectivity index (χ1n) is 6.71. The molecule has 0 aliphatic heterocycles. The van der Waals surface area contributed by atoms with Crippen molar-refractivity contribution in [3.8, 4) is 0 Å². The predicted molar refractivity (Wildman–Crippen MR) is 67.3 cm³/mol. The Morgan fingerprint density at radius 3 is 2.31 bits per heavy atom. The van der Waals surface area contributed by atoms with E-state index in [0.717, 1.165) is 13.1 Å². The largest absolute Gasteiger partial charge is 0.355 e. The second-order valence-electron chi connectivity index (χ2n) is 5.09. The molecule has 0 spiro atoms. The lowest BCUT2D eigenvalue weighted by Gasteiger charge is -2.16. The normalized spacial score (nSPS) is 18.4. The lowest BCUT2D eigenvalue weighted by Crippen LogP contribution is -2.38. The van der Waals surface area contributed by atoms with Crippen LogP contribution in [0.2, 0.25) is 0 Å². The van der Waals surface area contributed by atoms with Gasteiger partial charge in [0.1, 0.15) is 0 Å². The van der Waals surface area contributed by atoms with E-state index in [0.29, 0.717) is 6.04 Å². The average molecular weight is 226 g/mol. The van der Waals surface area contributed by atoms with E-state index in [4.69, 9.17) is 0 Å². The van der Waals surface area contributed by atoms with Crippen LogP contribution in [-0.2, 0) is 4.79 Å². The van der Waals surface area contributed by atoms with Crippen LogP contribution in [0.15, 0.2) is 0 Å². The van der Waals surface area contributed by atoms with Crippen molar-refractivity contribution >= 4 is 5.91 Å². The molecule has 0 bridgehead atoms. The van der Waals surface area contributed by atoms with Crippen molar-refractivity contribution in [3.05, 3.63) is 0 Å². The molecule has 94 valence electrons. The summed E-state index contributed by atoms with van der Waals surface area (Å²) in [5.41, 5.74) is 0. The topological polar surface area (TPSA) is 41.1 Å². The molecule has 0 aromatic rings. The van der Waals surface area contributed by atoms with Crippen LogP contribution in [0.1, 0.15) is 52.4 Å². The Balaban J connectivity index is 2.03. The molecule has 1 aliphatic rings. The summed E-state index contributed by atoms with van der Waals surface area (Å²) in [6, 6.07) is 0.679. The van der Waals surface area contributed by atoms with Crippen LogP contribution < -0.4 is 10.6 Å². The second kappa shape index (κ2) is 7.66. The molecular formula is C13H26N2O. The molecule has 1 amide bonds. The number of hydrogen-bond donors (Lipinski definition) is 2. The van der Waals surface area contributed by atoms with Crippen LogP contribution in [0, 0.1) is 5.92 Å². The van der Waals surface area contributed by atoms with Gasteiger partial charge >= 0.3 is 0 Å². The molecule has 0 atom stereocenters. The molecule has 0 unspecified atom stereocenters. The molecule has 0 radical (unpaired) electrons. The van der Waals surface area contributed by atoms with Gasteiger partial charge in [0.15, 0.2) is 0 Å². The number of carbonyl (C=O) groups excluding carboxylic acids is 1.